The van der Waals surface area contributed by atoms with Crippen LogP contribution in [-0.2, 0) is 6.18 Å². The molecule has 3 aromatic carbocycles. The zero-order valence-corrected chi connectivity index (χ0v) is 24.9. The summed E-state index contributed by atoms with van der Waals surface area (Å²) in [5.41, 5.74) is 1.56. The van der Waals surface area contributed by atoms with Crippen molar-refractivity contribution in [3.63, 3.8) is 0 Å². The Balaban J connectivity index is 1.44. The van der Waals surface area contributed by atoms with Gasteiger partial charge < -0.3 is 5.11 Å². The number of alkyl halides is 3. The van der Waals surface area contributed by atoms with Crippen molar-refractivity contribution >= 4 is 40.5 Å². The topological polar surface area (TPSA) is 83.1 Å². The van der Waals surface area contributed by atoms with E-state index in [9.17, 15) is 23.1 Å². The molecule has 1 aliphatic heterocycles. The van der Waals surface area contributed by atoms with Gasteiger partial charge in [-0.15, -0.1) is 0 Å². The fourth-order valence-corrected chi connectivity index (χ4v) is 5.44. The molecule has 0 radical (unpaired) electrons. The van der Waals surface area contributed by atoms with E-state index in [1.54, 1.807) is 48.5 Å². The van der Waals surface area contributed by atoms with Gasteiger partial charge in [0.2, 0.25) is 0 Å². The molecule has 224 valence electrons. The number of phenols is 1. The van der Waals surface area contributed by atoms with E-state index in [-0.39, 0.29) is 40.1 Å². The average Bonchev–Trinajstić information content (AvgIpc) is 3.63. The first-order valence-electron chi connectivity index (χ1n) is 13.6. The van der Waals surface area contributed by atoms with Gasteiger partial charge in [0.1, 0.15) is 5.75 Å². The molecule has 1 amide bonds. The van der Waals surface area contributed by atoms with Gasteiger partial charge in [0.05, 0.1) is 27.5 Å². The lowest BCUT2D eigenvalue weighted by Gasteiger charge is -2.21. The molecule has 2 aromatic heterocycles. The van der Waals surface area contributed by atoms with E-state index in [0.29, 0.717) is 31.9 Å². The third-order valence-corrected chi connectivity index (χ3v) is 8.22. The normalized spacial score (nSPS) is 15.3. The molecule has 5 aromatic rings. The van der Waals surface area contributed by atoms with Crippen LogP contribution in [0.4, 0.5) is 13.2 Å². The average molecular weight is 638 g/mol. The van der Waals surface area contributed by atoms with Gasteiger partial charge in [0.15, 0.2) is 17.0 Å². The number of phenolic OH excluding ortho intramolecular Hbond substituents is 1. The van der Waals surface area contributed by atoms with Crippen LogP contribution < -0.4 is 0 Å². The zero-order chi connectivity index (χ0) is 31.3. The lowest BCUT2D eigenvalue weighted by atomic mass is 9.97. The maximum absolute atomic E-state index is 14.3. The van der Waals surface area contributed by atoms with Crippen molar-refractivity contribution in [1.29, 1.82) is 0 Å². The minimum absolute atomic E-state index is 0.0648. The van der Waals surface area contributed by atoms with Crippen LogP contribution in [0.2, 0.25) is 10.0 Å². The number of halogens is 5. The number of nitrogens with zero attached hydrogens (tertiary/aromatic N) is 5. The highest BCUT2D eigenvalue weighted by Crippen LogP contribution is 2.39. The van der Waals surface area contributed by atoms with Gasteiger partial charge in [-0.25, -0.2) is 14.5 Å². The molecule has 0 bridgehead atoms. The Kier molecular flexibility index (Phi) is 7.59. The number of hydrogen-bond acceptors (Lipinski definition) is 5. The Morgan fingerprint density at radius 1 is 0.955 bits per heavy atom. The quantitative estimate of drug-likeness (QED) is 0.209. The van der Waals surface area contributed by atoms with E-state index in [4.69, 9.17) is 23.2 Å². The summed E-state index contributed by atoms with van der Waals surface area (Å²) in [6.45, 7) is 4.04. The molecule has 44 heavy (non-hydrogen) atoms. The zero-order valence-electron chi connectivity index (χ0n) is 23.3. The predicted molar refractivity (Wildman–Crippen MR) is 162 cm³/mol. The fourth-order valence-electron chi connectivity index (χ4n) is 5.14. The maximum atomic E-state index is 14.3. The van der Waals surface area contributed by atoms with Gasteiger partial charge >= 0.3 is 6.18 Å². The third-order valence-electron chi connectivity index (χ3n) is 7.48. The minimum atomic E-state index is -4.79. The van der Waals surface area contributed by atoms with Crippen molar-refractivity contribution in [1.82, 2.24) is 19.6 Å². The van der Waals surface area contributed by atoms with E-state index >= 15 is 0 Å². The van der Waals surface area contributed by atoms with Gasteiger partial charge in [-0.2, -0.15) is 23.4 Å². The number of benzene rings is 3. The highest BCUT2D eigenvalue weighted by molar-refractivity contribution is 6.42. The first-order chi connectivity index (χ1) is 20.9. The summed E-state index contributed by atoms with van der Waals surface area (Å²) in [7, 11) is 0. The van der Waals surface area contributed by atoms with Crippen molar-refractivity contribution < 1.29 is 23.1 Å². The maximum Gasteiger partial charge on any atom is 0.433 e. The number of para-hydroxylation sites is 1. The van der Waals surface area contributed by atoms with E-state index in [2.05, 4.69) is 15.2 Å². The largest absolute Gasteiger partial charge is 0.508 e. The van der Waals surface area contributed by atoms with Crippen molar-refractivity contribution in [3.8, 4) is 17.0 Å². The number of carbonyl (C=O) groups is 1. The SMILES string of the molecule is CC(C)c1ccc(-c2cc(C(F)(F)F)n3nc(C(=O)N4N=C(c5ccc(Cl)c(Cl)c5)C[C@@H]4c4ccccc4O)cc3n2)cc1. The van der Waals surface area contributed by atoms with Gasteiger partial charge in [0.25, 0.3) is 5.91 Å². The molecule has 0 aliphatic carbocycles. The Morgan fingerprint density at radius 2 is 1.66 bits per heavy atom. The van der Waals surface area contributed by atoms with Crippen molar-refractivity contribution in [3.05, 3.63) is 117 Å². The molecule has 3 heterocycles. The van der Waals surface area contributed by atoms with Crippen LogP contribution >= 0.6 is 23.2 Å². The molecule has 1 aliphatic rings. The smallest absolute Gasteiger partial charge is 0.433 e. The standard InChI is InChI=1S/C32H24Cl2F3N5O2/c1-17(2)18-7-9-19(10-8-18)24-15-29(32(35,36)37)42-30(38-24)16-26(40-42)31(44)41-27(21-5-3-4-6-28(21)43)14-25(39-41)20-11-12-22(33)23(34)13-20/h3-13,15-17,27,43H,14H2,1-2H3/t27-/m1/s1. The molecule has 1 N–H and O–H groups in total. The van der Waals surface area contributed by atoms with Crippen LogP contribution in [0.3, 0.4) is 0 Å². The summed E-state index contributed by atoms with van der Waals surface area (Å²) in [6, 6.07) is 19.9. The number of amides is 1. The molecule has 7 nitrogen and oxygen atoms in total. The van der Waals surface area contributed by atoms with Crippen LogP contribution in [0.5, 0.6) is 5.75 Å². The van der Waals surface area contributed by atoms with Gasteiger partial charge in [-0.05, 0) is 41.3 Å². The second-order valence-electron chi connectivity index (χ2n) is 10.7. The number of hydrazone groups is 1. The number of aromatic hydroxyl groups is 1. The molecular formula is C32H24Cl2F3N5O2. The molecule has 0 saturated carbocycles. The first kappa shape index (κ1) is 29.7. The molecule has 0 fully saturated rings. The van der Waals surface area contributed by atoms with Crippen LogP contribution in [0.1, 0.15) is 65.1 Å². The Labute approximate surface area is 260 Å². The lowest BCUT2D eigenvalue weighted by molar-refractivity contribution is -0.142. The molecule has 6 rings (SSSR count). The number of fused-ring (bicyclic) bond motifs is 1. The second-order valence-corrected chi connectivity index (χ2v) is 11.5. The van der Waals surface area contributed by atoms with Crippen molar-refractivity contribution in [2.24, 2.45) is 5.10 Å². The Bertz CT molecular complexity index is 1940. The molecule has 0 unspecified atom stereocenters. The summed E-state index contributed by atoms with van der Waals surface area (Å²) in [5.74, 6) is -0.583. The van der Waals surface area contributed by atoms with Crippen LogP contribution in [-0.4, -0.2) is 36.3 Å². The van der Waals surface area contributed by atoms with E-state index in [0.717, 1.165) is 16.6 Å². The first-order valence-corrected chi connectivity index (χ1v) is 14.4. The second kappa shape index (κ2) is 11.3. The van der Waals surface area contributed by atoms with E-state index < -0.39 is 23.8 Å². The van der Waals surface area contributed by atoms with Gasteiger partial charge in [0, 0.05) is 23.6 Å². The Morgan fingerprint density at radius 3 is 2.32 bits per heavy atom. The highest BCUT2D eigenvalue weighted by atomic mass is 35.5. The van der Waals surface area contributed by atoms with Crippen LogP contribution in [0.25, 0.3) is 16.9 Å². The Hall–Kier alpha value is -4.41. The van der Waals surface area contributed by atoms with E-state index in [1.165, 1.54) is 12.1 Å². The van der Waals surface area contributed by atoms with Gasteiger partial charge in [-0.3, -0.25) is 4.79 Å². The van der Waals surface area contributed by atoms with Crippen LogP contribution in [0, 0.1) is 0 Å². The molecule has 12 heteroatoms. The molecule has 0 saturated heterocycles. The lowest BCUT2D eigenvalue weighted by Crippen LogP contribution is -2.27. The number of rotatable bonds is 5. The summed E-state index contributed by atoms with van der Waals surface area (Å²) in [5, 5.41) is 20.9. The number of hydrogen-bond donors (Lipinski definition) is 1. The number of aromatic nitrogens is 3. The molecule has 1 atom stereocenters. The fraction of sp³-hybridized carbons (Fsp3) is 0.188. The van der Waals surface area contributed by atoms with E-state index in [1.807, 2.05) is 26.0 Å². The monoisotopic (exact) mass is 637 g/mol. The predicted octanol–water partition coefficient (Wildman–Crippen LogP) is 8.54. The minimum Gasteiger partial charge on any atom is -0.508 e. The van der Waals surface area contributed by atoms with Gasteiger partial charge in [-0.1, -0.05) is 85.6 Å². The third kappa shape index (κ3) is 5.51. The molecule has 0 spiro atoms. The number of carbonyl (C=O) groups excluding carboxylic acids is 1. The highest BCUT2D eigenvalue weighted by Gasteiger charge is 2.38. The van der Waals surface area contributed by atoms with Crippen LogP contribution in [0.15, 0.2) is 84.0 Å². The summed E-state index contributed by atoms with van der Waals surface area (Å²) >= 11 is 12.3. The van der Waals surface area contributed by atoms with Crippen molar-refractivity contribution in [2.45, 2.75) is 38.4 Å². The summed E-state index contributed by atoms with van der Waals surface area (Å²) in [4.78, 5) is 18.4. The summed E-state index contributed by atoms with van der Waals surface area (Å²) < 4.78 is 43.4. The summed E-state index contributed by atoms with van der Waals surface area (Å²) in [6.07, 6.45) is -4.59. The van der Waals surface area contributed by atoms with Crippen molar-refractivity contribution in [2.75, 3.05) is 0 Å². The molecular weight excluding hydrogens is 614 g/mol.